The van der Waals surface area contributed by atoms with Crippen LogP contribution in [-0.2, 0) is 29.1 Å². The van der Waals surface area contributed by atoms with Gasteiger partial charge in [-0.3, -0.25) is 19.3 Å². The van der Waals surface area contributed by atoms with Crippen LogP contribution in [-0.4, -0.2) is 32.7 Å². The van der Waals surface area contributed by atoms with Crippen molar-refractivity contribution in [3.63, 3.8) is 0 Å². The molecule has 1 amide bonds. The Labute approximate surface area is 166 Å². The lowest BCUT2D eigenvalue weighted by Crippen LogP contribution is -2.31. The van der Waals surface area contributed by atoms with E-state index >= 15 is 0 Å². The lowest BCUT2D eigenvalue weighted by molar-refractivity contribution is -0.152. The molecule has 2 atom stereocenters. The van der Waals surface area contributed by atoms with Crippen LogP contribution in [0.1, 0.15) is 18.5 Å². The minimum atomic E-state index is -3.96. The Morgan fingerprint density at radius 1 is 1.10 bits per heavy atom. The number of ketones is 1. The molecule has 0 bridgehead atoms. The Kier molecular flexibility index (Phi) is 5.49. The van der Waals surface area contributed by atoms with Gasteiger partial charge in [0, 0.05) is 5.69 Å². The summed E-state index contributed by atoms with van der Waals surface area (Å²) >= 11 is 0. The number of ether oxygens (including phenoxy) is 1. The van der Waals surface area contributed by atoms with Crippen molar-refractivity contribution in [1.82, 2.24) is 0 Å². The number of hydrogen-bond acceptors (Lipinski definition) is 6. The van der Waals surface area contributed by atoms with E-state index in [1.807, 2.05) is 0 Å². The van der Waals surface area contributed by atoms with E-state index in [-0.39, 0.29) is 17.2 Å². The van der Waals surface area contributed by atoms with Gasteiger partial charge < -0.3 is 4.74 Å². The number of hydrogen-bond donors (Lipinski definition) is 1. The Hall–Kier alpha value is -3.11. The van der Waals surface area contributed by atoms with E-state index in [0.29, 0.717) is 5.56 Å². The maximum absolute atomic E-state index is 13.4. The van der Waals surface area contributed by atoms with E-state index in [1.54, 1.807) is 6.92 Å². The van der Waals surface area contributed by atoms with Crippen molar-refractivity contribution in [2.24, 2.45) is 11.1 Å². The second kappa shape index (κ2) is 7.72. The Morgan fingerprint density at radius 2 is 1.69 bits per heavy atom. The number of nitrogens with two attached hydrogens (primary N) is 1. The van der Waals surface area contributed by atoms with Gasteiger partial charge in [0.2, 0.25) is 15.8 Å². The molecule has 1 aliphatic rings. The highest BCUT2D eigenvalue weighted by Gasteiger charge is 2.53. The average molecular weight is 420 g/mol. The number of primary sulfonamides is 1. The summed E-state index contributed by atoms with van der Waals surface area (Å²) in [5.74, 6) is -4.76. The number of sulfonamides is 1. The second-order valence-corrected chi connectivity index (χ2v) is 7.87. The molecule has 2 aromatic rings. The van der Waals surface area contributed by atoms with Crippen LogP contribution >= 0.6 is 0 Å². The normalized spacial score (nSPS) is 19.5. The van der Waals surface area contributed by atoms with Crippen molar-refractivity contribution >= 4 is 33.4 Å². The maximum Gasteiger partial charge on any atom is 0.319 e. The van der Waals surface area contributed by atoms with Gasteiger partial charge in [0.05, 0.1) is 17.5 Å². The van der Waals surface area contributed by atoms with E-state index in [4.69, 9.17) is 9.88 Å². The van der Waals surface area contributed by atoms with Gasteiger partial charge in [-0.25, -0.2) is 17.9 Å². The van der Waals surface area contributed by atoms with Gasteiger partial charge >= 0.3 is 5.97 Å². The van der Waals surface area contributed by atoms with Crippen molar-refractivity contribution in [2.45, 2.75) is 17.9 Å². The van der Waals surface area contributed by atoms with Gasteiger partial charge in [-0.2, -0.15) is 0 Å². The molecule has 10 heteroatoms. The third kappa shape index (κ3) is 3.89. The summed E-state index contributed by atoms with van der Waals surface area (Å²) in [6, 6.07) is 8.91. The van der Waals surface area contributed by atoms with Crippen molar-refractivity contribution < 1.29 is 31.9 Å². The smallest absolute Gasteiger partial charge is 0.319 e. The summed E-state index contributed by atoms with van der Waals surface area (Å²) in [5, 5.41) is 5.08. The number of benzene rings is 2. The van der Waals surface area contributed by atoms with Gasteiger partial charge in [0.1, 0.15) is 11.7 Å². The molecule has 1 aliphatic heterocycles. The van der Waals surface area contributed by atoms with Gasteiger partial charge in [-0.15, -0.1) is 0 Å². The van der Waals surface area contributed by atoms with E-state index in [1.165, 1.54) is 36.4 Å². The number of rotatable bonds is 5. The first-order valence-corrected chi connectivity index (χ1v) is 10.1. The number of carbonyl (C=O) groups excluding carboxylic acids is 3. The Balaban J connectivity index is 2.12. The molecule has 29 heavy (non-hydrogen) atoms. The zero-order valence-electron chi connectivity index (χ0n) is 15.2. The summed E-state index contributed by atoms with van der Waals surface area (Å²) < 4.78 is 41.2. The SMILES string of the molecule is CCOC(=O)[C@@H]1C(=O)C(=O)N(c2ccc(S(N)(=O)=O)cc2)[C@H]1c1ccc(F)cc1. The van der Waals surface area contributed by atoms with Gasteiger partial charge in [-0.1, -0.05) is 12.1 Å². The highest BCUT2D eigenvalue weighted by atomic mass is 32.2. The van der Waals surface area contributed by atoms with Crippen molar-refractivity contribution in [3.05, 3.63) is 59.9 Å². The Morgan fingerprint density at radius 3 is 2.21 bits per heavy atom. The molecule has 0 aliphatic carbocycles. The van der Waals surface area contributed by atoms with Gasteiger partial charge in [-0.05, 0) is 48.9 Å². The van der Waals surface area contributed by atoms with Crippen molar-refractivity contribution in [3.8, 4) is 0 Å². The first kappa shape index (κ1) is 20.6. The van der Waals surface area contributed by atoms with Crippen LogP contribution in [0.3, 0.4) is 0 Å². The first-order chi connectivity index (χ1) is 13.6. The van der Waals surface area contributed by atoms with Crippen LogP contribution < -0.4 is 10.0 Å². The summed E-state index contributed by atoms with van der Waals surface area (Å²) in [5.41, 5.74) is 0.524. The van der Waals surface area contributed by atoms with Crippen LogP contribution in [0.25, 0.3) is 0 Å². The molecule has 1 fully saturated rings. The quantitative estimate of drug-likeness (QED) is 0.442. The standard InChI is InChI=1S/C19H17FN2O6S/c1-2-28-19(25)15-16(11-3-5-12(20)6-4-11)22(18(24)17(15)23)13-7-9-14(10-8-13)29(21,26)27/h3-10,15-16H,2H2,1H3,(H2,21,26,27)/t15-,16-/m0/s1. The van der Waals surface area contributed by atoms with Gasteiger partial charge in [0.25, 0.3) is 5.91 Å². The summed E-state index contributed by atoms with van der Waals surface area (Å²) in [6.07, 6.45) is 0. The molecule has 1 saturated heterocycles. The van der Waals surface area contributed by atoms with Crippen LogP contribution in [0.15, 0.2) is 53.4 Å². The van der Waals surface area contributed by atoms with E-state index < -0.39 is 45.5 Å². The minimum Gasteiger partial charge on any atom is -0.465 e. The largest absolute Gasteiger partial charge is 0.465 e. The molecule has 0 radical (unpaired) electrons. The molecule has 0 unspecified atom stereocenters. The van der Waals surface area contributed by atoms with Gasteiger partial charge in [0.15, 0.2) is 0 Å². The highest BCUT2D eigenvalue weighted by Crippen LogP contribution is 2.40. The number of halogens is 1. The molecular formula is C19H17FN2O6S. The zero-order valence-corrected chi connectivity index (χ0v) is 16.1. The summed E-state index contributed by atoms with van der Waals surface area (Å²) in [7, 11) is -3.96. The molecule has 152 valence electrons. The van der Waals surface area contributed by atoms with Crippen LogP contribution in [0.2, 0.25) is 0 Å². The minimum absolute atomic E-state index is 0.00992. The van der Waals surface area contributed by atoms with Crippen molar-refractivity contribution in [1.29, 1.82) is 0 Å². The number of esters is 1. The monoisotopic (exact) mass is 420 g/mol. The molecule has 2 aromatic carbocycles. The van der Waals surface area contributed by atoms with E-state index in [2.05, 4.69) is 0 Å². The topological polar surface area (TPSA) is 124 Å². The maximum atomic E-state index is 13.4. The highest BCUT2D eigenvalue weighted by molar-refractivity contribution is 7.89. The third-order valence-electron chi connectivity index (χ3n) is 4.50. The fraction of sp³-hybridized carbons (Fsp3) is 0.211. The van der Waals surface area contributed by atoms with Crippen LogP contribution in [0, 0.1) is 11.7 Å². The third-order valence-corrected chi connectivity index (χ3v) is 5.43. The molecule has 0 spiro atoms. The summed E-state index contributed by atoms with van der Waals surface area (Å²) in [4.78, 5) is 38.6. The number of Topliss-reactive ketones (excluding diaryl/α,β-unsaturated/α-hetero) is 1. The predicted molar refractivity (Wildman–Crippen MR) is 99.6 cm³/mol. The zero-order chi connectivity index (χ0) is 21.3. The fourth-order valence-corrected chi connectivity index (χ4v) is 3.73. The number of nitrogens with zero attached hydrogens (tertiary/aromatic N) is 1. The predicted octanol–water partition coefficient (Wildman–Crippen LogP) is 1.31. The Bertz CT molecular complexity index is 1070. The molecule has 3 rings (SSSR count). The molecule has 1 heterocycles. The van der Waals surface area contributed by atoms with Crippen LogP contribution in [0.5, 0.6) is 0 Å². The molecule has 2 N–H and O–H groups in total. The lowest BCUT2D eigenvalue weighted by Gasteiger charge is -2.27. The molecule has 0 saturated carbocycles. The molecule has 8 nitrogen and oxygen atoms in total. The van der Waals surface area contributed by atoms with Crippen molar-refractivity contribution in [2.75, 3.05) is 11.5 Å². The number of carbonyl (C=O) groups is 3. The fourth-order valence-electron chi connectivity index (χ4n) is 3.21. The lowest BCUT2D eigenvalue weighted by atomic mass is 9.92. The molecular weight excluding hydrogens is 403 g/mol. The number of amides is 1. The molecule has 0 aromatic heterocycles. The second-order valence-electron chi connectivity index (χ2n) is 6.30. The van der Waals surface area contributed by atoms with E-state index in [9.17, 15) is 27.2 Å². The summed E-state index contributed by atoms with van der Waals surface area (Å²) in [6.45, 7) is 1.58. The van der Waals surface area contributed by atoms with Crippen LogP contribution in [0.4, 0.5) is 10.1 Å². The average Bonchev–Trinajstić information content (AvgIpc) is 2.93. The number of anilines is 1. The van der Waals surface area contributed by atoms with E-state index in [0.717, 1.165) is 17.0 Å². The first-order valence-electron chi connectivity index (χ1n) is 8.57.